The molecule has 2 N–H and O–H groups in total. The van der Waals surface area contributed by atoms with Gasteiger partial charge in [0.15, 0.2) is 0 Å². The molecule has 0 heterocycles. The Labute approximate surface area is 121 Å². The van der Waals surface area contributed by atoms with Crippen molar-refractivity contribution in [1.82, 2.24) is 0 Å². The number of nitrogens with one attached hydrogen (secondary N) is 2. The van der Waals surface area contributed by atoms with Crippen molar-refractivity contribution in [3.8, 4) is 0 Å². The van der Waals surface area contributed by atoms with Crippen molar-refractivity contribution in [3.05, 3.63) is 24.3 Å². The van der Waals surface area contributed by atoms with E-state index in [4.69, 9.17) is 4.74 Å². The highest BCUT2D eigenvalue weighted by Crippen LogP contribution is 2.17. The topological polar surface area (TPSA) is 50.4 Å². The summed E-state index contributed by atoms with van der Waals surface area (Å²) < 4.78 is 4.80. The lowest BCUT2D eigenvalue weighted by molar-refractivity contribution is -0.119. The van der Waals surface area contributed by atoms with E-state index in [-0.39, 0.29) is 12.5 Å². The summed E-state index contributed by atoms with van der Waals surface area (Å²) in [5.74, 6) is -0.138. The van der Waals surface area contributed by atoms with Gasteiger partial charge in [0.1, 0.15) is 6.61 Å². The van der Waals surface area contributed by atoms with Crippen molar-refractivity contribution in [3.63, 3.8) is 0 Å². The van der Waals surface area contributed by atoms with Crippen molar-refractivity contribution in [1.29, 1.82) is 0 Å². The van der Waals surface area contributed by atoms with E-state index < -0.39 is 0 Å². The van der Waals surface area contributed by atoms with Gasteiger partial charge in [0.2, 0.25) is 5.91 Å². The van der Waals surface area contributed by atoms with Crippen molar-refractivity contribution in [2.75, 3.05) is 24.4 Å². The predicted molar refractivity (Wildman–Crippen MR) is 84.2 cm³/mol. The number of unbranched alkanes of at least 4 members (excludes halogenated alkanes) is 2. The van der Waals surface area contributed by atoms with Crippen molar-refractivity contribution >= 4 is 17.3 Å². The number of carbonyl (C=O) groups excluding carboxylic acids is 1. The van der Waals surface area contributed by atoms with Gasteiger partial charge in [-0.1, -0.05) is 32.3 Å². The van der Waals surface area contributed by atoms with Crippen LogP contribution in [0.1, 0.15) is 39.5 Å². The highest BCUT2D eigenvalue weighted by molar-refractivity contribution is 5.92. The SMILES string of the molecule is CCCCCC(C)Nc1cccc(NC(=O)COC)c1. The number of hydrogen-bond donors (Lipinski definition) is 2. The second-order valence-corrected chi connectivity index (χ2v) is 5.10. The van der Waals surface area contributed by atoms with E-state index in [9.17, 15) is 4.79 Å². The Morgan fingerprint density at radius 2 is 2.05 bits per heavy atom. The Balaban J connectivity index is 2.48. The monoisotopic (exact) mass is 278 g/mol. The van der Waals surface area contributed by atoms with Crippen LogP contribution in [-0.4, -0.2) is 25.7 Å². The second-order valence-electron chi connectivity index (χ2n) is 5.10. The summed E-state index contributed by atoms with van der Waals surface area (Å²) in [6, 6.07) is 8.21. The van der Waals surface area contributed by atoms with Gasteiger partial charge in [-0.25, -0.2) is 0 Å². The maximum Gasteiger partial charge on any atom is 0.250 e. The van der Waals surface area contributed by atoms with E-state index in [0.717, 1.165) is 17.8 Å². The smallest absolute Gasteiger partial charge is 0.250 e. The Morgan fingerprint density at radius 3 is 2.75 bits per heavy atom. The van der Waals surface area contributed by atoms with Crippen LogP contribution < -0.4 is 10.6 Å². The molecule has 4 heteroatoms. The van der Waals surface area contributed by atoms with E-state index in [1.165, 1.54) is 26.4 Å². The van der Waals surface area contributed by atoms with Gasteiger partial charge in [-0.2, -0.15) is 0 Å². The standard InChI is InChI=1S/C16H26N2O2/c1-4-5-6-8-13(2)17-14-9-7-10-15(11-14)18-16(19)12-20-3/h7,9-11,13,17H,4-6,8,12H2,1-3H3,(H,18,19). The minimum Gasteiger partial charge on any atom is -0.383 e. The molecule has 0 saturated heterocycles. The van der Waals surface area contributed by atoms with Gasteiger partial charge in [-0.15, -0.1) is 0 Å². The van der Waals surface area contributed by atoms with Crippen LogP contribution in [0.15, 0.2) is 24.3 Å². The van der Waals surface area contributed by atoms with Crippen LogP contribution in [0.2, 0.25) is 0 Å². The molecule has 0 radical (unpaired) electrons. The van der Waals surface area contributed by atoms with Crippen LogP contribution in [0.5, 0.6) is 0 Å². The third kappa shape index (κ3) is 6.57. The number of benzene rings is 1. The summed E-state index contributed by atoms with van der Waals surface area (Å²) in [7, 11) is 1.51. The molecule has 0 aliphatic rings. The molecular weight excluding hydrogens is 252 g/mol. The van der Waals surface area contributed by atoms with E-state index in [0.29, 0.717) is 6.04 Å². The van der Waals surface area contributed by atoms with Gasteiger partial charge < -0.3 is 15.4 Å². The van der Waals surface area contributed by atoms with E-state index >= 15 is 0 Å². The molecule has 0 fully saturated rings. The zero-order chi connectivity index (χ0) is 14.8. The maximum absolute atomic E-state index is 11.5. The quantitative estimate of drug-likeness (QED) is 0.678. The van der Waals surface area contributed by atoms with E-state index in [2.05, 4.69) is 24.5 Å². The van der Waals surface area contributed by atoms with E-state index in [1.807, 2.05) is 24.3 Å². The van der Waals surface area contributed by atoms with Crippen LogP contribution in [0.25, 0.3) is 0 Å². The van der Waals surface area contributed by atoms with Gasteiger partial charge in [0, 0.05) is 24.5 Å². The lowest BCUT2D eigenvalue weighted by Gasteiger charge is -2.16. The molecule has 0 saturated carbocycles. The van der Waals surface area contributed by atoms with Crippen LogP contribution in [-0.2, 0) is 9.53 Å². The Bertz CT molecular complexity index is 407. The molecule has 1 amide bonds. The minimum atomic E-state index is -0.138. The number of ether oxygens (including phenoxy) is 1. The van der Waals surface area contributed by atoms with Crippen LogP contribution in [0, 0.1) is 0 Å². The highest BCUT2D eigenvalue weighted by Gasteiger charge is 2.04. The Hall–Kier alpha value is -1.55. The zero-order valence-corrected chi connectivity index (χ0v) is 12.7. The van der Waals surface area contributed by atoms with Crippen LogP contribution in [0.4, 0.5) is 11.4 Å². The third-order valence-corrected chi connectivity index (χ3v) is 3.08. The fraction of sp³-hybridized carbons (Fsp3) is 0.562. The molecule has 1 aromatic carbocycles. The second kappa shape index (κ2) is 9.37. The Morgan fingerprint density at radius 1 is 1.30 bits per heavy atom. The van der Waals surface area contributed by atoms with Gasteiger partial charge in [0.25, 0.3) is 0 Å². The van der Waals surface area contributed by atoms with Gasteiger partial charge in [-0.3, -0.25) is 4.79 Å². The predicted octanol–water partition coefficient (Wildman–Crippen LogP) is 3.65. The number of rotatable bonds is 9. The van der Waals surface area contributed by atoms with Crippen molar-refractivity contribution in [2.24, 2.45) is 0 Å². The van der Waals surface area contributed by atoms with Gasteiger partial charge in [-0.05, 0) is 31.5 Å². The number of hydrogen-bond acceptors (Lipinski definition) is 3. The summed E-state index contributed by atoms with van der Waals surface area (Å²) >= 11 is 0. The molecule has 0 aromatic heterocycles. The molecular formula is C16H26N2O2. The number of anilines is 2. The molecule has 112 valence electrons. The van der Waals surface area contributed by atoms with E-state index in [1.54, 1.807) is 0 Å². The molecule has 4 nitrogen and oxygen atoms in total. The molecule has 0 bridgehead atoms. The van der Waals surface area contributed by atoms with Gasteiger partial charge in [0.05, 0.1) is 0 Å². The fourth-order valence-electron chi connectivity index (χ4n) is 2.07. The third-order valence-electron chi connectivity index (χ3n) is 3.08. The molecule has 20 heavy (non-hydrogen) atoms. The molecule has 0 aliphatic heterocycles. The number of amides is 1. The fourth-order valence-corrected chi connectivity index (χ4v) is 2.07. The summed E-state index contributed by atoms with van der Waals surface area (Å²) in [6.45, 7) is 4.47. The first-order chi connectivity index (χ1) is 9.65. The number of methoxy groups -OCH3 is 1. The average Bonchev–Trinajstić information content (AvgIpc) is 2.39. The molecule has 1 rings (SSSR count). The summed E-state index contributed by atoms with van der Waals surface area (Å²) in [5, 5.41) is 6.27. The molecule has 1 atom stereocenters. The summed E-state index contributed by atoms with van der Waals surface area (Å²) in [5.41, 5.74) is 1.82. The molecule has 1 aromatic rings. The zero-order valence-electron chi connectivity index (χ0n) is 12.7. The first kappa shape index (κ1) is 16.5. The summed E-state index contributed by atoms with van der Waals surface area (Å²) in [4.78, 5) is 11.5. The normalized spacial score (nSPS) is 11.9. The number of carbonyl (C=O) groups is 1. The molecule has 1 unspecified atom stereocenters. The lowest BCUT2D eigenvalue weighted by Crippen LogP contribution is -2.18. The van der Waals surface area contributed by atoms with Crippen molar-refractivity contribution < 1.29 is 9.53 Å². The highest BCUT2D eigenvalue weighted by atomic mass is 16.5. The maximum atomic E-state index is 11.5. The Kier molecular flexibility index (Phi) is 7.73. The first-order valence-electron chi connectivity index (χ1n) is 7.31. The van der Waals surface area contributed by atoms with Gasteiger partial charge >= 0.3 is 0 Å². The summed E-state index contributed by atoms with van der Waals surface area (Å²) in [6.07, 6.45) is 4.93. The first-order valence-corrected chi connectivity index (χ1v) is 7.31. The lowest BCUT2D eigenvalue weighted by atomic mass is 10.1. The molecule has 0 spiro atoms. The van der Waals surface area contributed by atoms with Crippen molar-refractivity contribution in [2.45, 2.75) is 45.6 Å². The van der Waals surface area contributed by atoms with Crippen LogP contribution in [0.3, 0.4) is 0 Å². The minimum absolute atomic E-state index is 0.0745. The van der Waals surface area contributed by atoms with Crippen LogP contribution >= 0.6 is 0 Å². The average molecular weight is 278 g/mol. The largest absolute Gasteiger partial charge is 0.383 e. The molecule has 0 aliphatic carbocycles.